The zero-order chi connectivity index (χ0) is 18.9. The Kier molecular flexibility index (Phi) is 9.89. The summed E-state index contributed by atoms with van der Waals surface area (Å²) in [6, 6.07) is 0.817. The first-order valence-corrected chi connectivity index (χ1v) is 11.3. The summed E-state index contributed by atoms with van der Waals surface area (Å²) in [5.41, 5.74) is 0. The molecule has 25 heavy (non-hydrogen) atoms. The first-order valence-electron chi connectivity index (χ1n) is 9.33. The summed E-state index contributed by atoms with van der Waals surface area (Å²) in [6.07, 6.45) is 7.50. The predicted molar refractivity (Wildman–Crippen MR) is 100 cm³/mol. The molecule has 0 spiro atoms. The molecule has 1 rings (SSSR count). The van der Waals surface area contributed by atoms with E-state index in [-0.39, 0.29) is 18.3 Å². The van der Waals surface area contributed by atoms with E-state index in [4.69, 9.17) is 18.0 Å². The fourth-order valence-corrected chi connectivity index (χ4v) is 5.98. The minimum Gasteiger partial charge on any atom is -0.381 e. The minimum atomic E-state index is -2.69. The van der Waals surface area contributed by atoms with Gasteiger partial charge in [0.1, 0.15) is 18.9 Å². The predicted octanol–water partition coefficient (Wildman–Crippen LogP) is 3.03. The zero-order valence-electron chi connectivity index (χ0n) is 17.0. The Balaban J connectivity index is 2.67. The van der Waals surface area contributed by atoms with Gasteiger partial charge in [0.15, 0.2) is 0 Å². The number of rotatable bonds is 13. The molecule has 0 bridgehead atoms. The molecule has 0 saturated heterocycles. The topological polar surface area (TPSA) is 45.7 Å². The molecule has 7 heteroatoms. The van der Waals surface area contributed by atoms with Gasteiger partial charge < -0.3 is 18.0 Å². The van der Waals surface area contributed by atoms with Crippen molar-refractivity contribution in [1.82, 2.24) is 4.57 Å². The Hall–Kier alpha value is -0.733. The first-order chi connectivity index (χ1) is 11.8. The lowest BCUT2D eigenvalue weighted by Gasteiger charge is -2.34. The van der Waals surface area contributed by atoms with Crippen LogP contribution in [0.5, 0.6) is 0 Å². The van der Waals surface area contributed by atoms with Crippen LogP contribution in [-0.2, 0) is 31.1 Å². The van der Waals surface area contributed by atoms with Crippen molar-refractivity contribution in [3.05, 3.63) is 18.7 Å². The fourth-order valence-electron chi connectivity index (χ4n) is 2.72. The Morgan fingerprint density at radius 1 is 0.960 bits per heavy atom. The largest absolute Gasteiger partial charge is 0.501 e. The number of aromatic nitrogens is 2. The average molecular weight is 374 g/mol. The third-order valence-electron chi connectivity index (χ3n) is 3.44. The molecule has 0 unspecified atom stereocenters. The molecule has 0 radical (unpaired) electrons. The van der Waals surface area contributed by atoms with Gasteiger partial charge in [0, 0.05) is 31.5 Å². The van der Waals surface area contributed by atoms with Gasteiger partial charge in [0.05, 0.1) is 13.2 Å². The maximum absolute atomic E-state index is 6.22. The summed E-state index contributed by atoms with van der Waals surface area (Å²) in [5, 5.41) is 0. The van der Waals surface area contributed by atoms with Crippen molar-refractivity contribution >= 4 is 8.80 Å². The molecule has 1 aromatic rings. The van der Waals surface area contributed by atoms with Crippen LogP contribution in [0.15, 0.2) is 18.7 Å². The lowest BCUT2D eigenvalue weighted by molar-refractivity contribution is -0.696. The molecule has 0 aliphatic carbocycles. The molecule has 0 saturated carbocycles. The number of methoxy groups -OCH3 is 1. The van der Waals surface area contributed by atoms with Gasteiger partial charge in [-0.25, -0.2) is 9.13 Å². The third kappa shape index (κ3) is 8.96. The highest BCUT2D eigenvalue weighted by Gasteiger charge is 2.43. The molecular weight excluding hydrogens is 336 g/mol. The second-order valence-corrected chi connectivity index (χ2v) is 9.74. The van der Waals surface area contributed by atoms with Crippen LogP contribution < -0.4 is 4.57 Å². The van der Waals surface area contributed by atoms with Crippen molar-refractivity contribution in [2.45, 2.75) is 85.4 Å². The summed E-state index contributed by atoms with van der Waals surface area (Å²) >= 11 is 0. The fraction of sp³-hybridized carbons (Fsp3) is 0.833. The average Bonchev–Trinajstić information content (AvgIpc) is 2.90. The summed E-state index contributed by atoms with van der Waals surface area (Å²) in [5.74, 6) is 0. The summed E-state index contributed by atoms with van der Waals surface area (Å²) in [7, 11) is -0.971. The van der Waals surface area contributed by atoms with Gasteiger partial charge in [-0.1, -0.05) is 0 Å². The molecule has 0 fully saturated rings. The van der Waals surface area contributed by atoms with E-state index in [1.165, 1.54) is 0 Å². The van der Waals surface area contributed by atoms with Gasteiger partial charge in [-0.2, -0.15) is 0 Å². The lowest BCUT2D eigenvalue weighted by atomic mass is 10.5. The Morgan fingerprint density at radius 3 is 2.00 bits per heavy atom. The van der Waals surface area contributed by atoms with E-state index in [1.807, 2.05) is 41.5 Å². The van der Waals surface area contributed by atoms with E-state index in [0.717, 1.165) is 32.2 Å². The van der Waals surface area contributed by atoms with Crippen LogP contribution in [0.2, 0.25) is 6.04 Å². The van der Waals surface area contributed by atoms with E-state index >= 15 is 0 Å². The van der Waals surface area contributed by atoms with E-state index in [9.17, 15) is 0 Å². The number of imidazole rings is 1. The number of nitrogens with zero attached hydrogens (tertiary/aromatic N) is 2. The van der Waals surface area contributed by atoms with Crippen molar-refractivity contribution in [3.63, 3.8) is 0 Å². The van der Waals surface area contributed by atoms with Crippen LogP contribution >= 0.6 is 0 Å². The van der Waals surface area contributed by atoms with Crippen LogP contribution in [0.1, 0.15) is 48.0 Å². The van der Waals surface area contributed by atoms with E-state index in [2.05, 4.69) is 27.9 Å². The van der Waals surface area contributed by atoms with Crippen molar-refractivity contribution < 1.29 is 22.6 Å². The molecule has 0 amide bonds. The van der Waals surface area contributed by atoms with Gasteiger partial charge in [-0.15, -0.1) is 0 Å². The summed E-state index contributed by atoms with van der Waals surface area (Å²) in [4.78, 5) is 0. The molecule has 1 aromatic heterocycles. The second-order valence-electron chi connectivity index (χ2n) is 7.17. The Bertz CT molecular complexity index is 451. The first kappa shape index (κ1) is 22.3. The van der Waals surface area contributed by atoms with Gasteiger partial charge >= 0.3 is 8.80 Å². The van der Waals surface area contributed by atoms with Crippen molar-refractivity contribution in [2.24, 2.45) is 0 Å². The molecule has 146 valence electrons. The quantitative estimate of drug-likeness (QED) is 0.394. The van der Waals surface area contributed by atoms with Crippen molar-refractivity contribution in [1.29, 1.82) is 0 Å². The monoisotopic (exact) mass is 373 g/mol. The van der Waals surface area contributed by atoms with Crippen LogP contribution in [0.25, 0.3) is 0 Å². The molecule has 0 atom stereocenters. The van der Waals surface area contributed by atoms with Gasteiger partial charge in [-0.05, 0) is 48.0 Å². The highest BCUT2D eigenvalue weighted by molar-refractivity contribution is 6.60. The molecule has 0 aliphatic rings. The van der Waals surface area contributed by atoms with Crippen molar-refractivity contribution in [3.8, 4) is 0 Å². The molecule has 0 aliphatic heterocycles. The third-order valence-corrected chi connectivity index (χ3v) is 6.90. The van der Waals surface area contributed by atoms with Gasteiger partial charge in [0.2, 0.25) is 6.33 Å². The Morgan fingerprint density at radius 2 is 1.52 bits per heavy atom. The highest BCUT2D eigenvalue weighted by atomic mass is 28.4. The highest BCUT2D eigenvalue weighted by Crippen LogP contribution is 2.23. The standard InChI is InChI=1S/C18H37N2O4Si/c1-16(2)22-25(23-17(3)4,24-18(5)6)14-8-9-19-10-11-20(15-19)12-13-21-7/h10-11,15-18H,8-9,12-14H2,1-7H3/q+1. The van der Waals surface area contributed by atoms with Crippen LogP contribution in [-0.4, -0.2) is 45.4 Å². The second kappa shape index (κ2) is 11.1. The summed E-state index contributed by atoms with van der Waals surface area (Å²) < 4.78 is 28.1. The summed E-state index contributed by atoms with van der Waals surface area (Å²) in [6.45, 7) is 14.8. The Labute approximate surface area is 154 Å². The molecule has 0 aromatic carbocycles. The maximum atomic E-state index is 6.22. The van der Waals surface area contributed by atoms with Crippen LogP contribution in [0.4, 0.5) is 0 Å². The van der Waals surface area contributed by atoms with Gasteiger partial charge in [-0.3, -0.25) is 0 Å². The molecule has 6 nitrogen and oxygen atoms in total. The lowest BCUT2D eigenvalue weighted by Crippen LogP contribution is -2.51. The van der Waals surface area contributed by atoms with E-state index in [1.54, 1.807) is 7.11 Å². The SMILES string of the molecule is COCCn1cc[n+](CCC[Si](OC(C)C)(OC(C)C)OC(C)C)c1. The normalized spacial score (nSPS) is 12.7. The van der Waals surface area contributed by atoms with E-state index < -0.39 is 8.80 Å². The number of hydrogen-bond acceptors (Lipinski definition) is 4. The number of hydrogen-bond donors (Lipinski definition) is 0. The van der Waals surface area contributed by atoms with Crippen LogP contribution in [0, 0.1) is 0 Å². The molecular formula is C18H37N2O4Si+. The van der Waals surface area contributed by atoms with Crippen LogP contribution in [0.3, 0.4) is 0 Å². The zero-order valence-corrected chi connectivity index (χ0v) is 18.0. The number of ether oxygens (including phenoxy) is 1. The minimum absolute atomic E-state index is 0.0898. The van der Waals surface area contributed by atoms with E-state index in [0.29, 0.717) is 0 Å². The van der Waals surface area contributed by atoms with Crippen molar-refractivity contribution in [2.75, 3.05) is 13.7 Å². The molecule has 0 N–H and O–H groups in total. The smallest absolute Gasteiger partial charge is 0.381 e. The molecule has 1 heterocycles. The van der Waals surface area contributed by atoms with Gasteiger partial charge in [0.25, 0.3) is 0 Å². The maximum Gasteiger partial charge on any atom is 0.501 e. The number of aryl methyl sites for hydroxylation is 1.